The Balaban J connectivity index is 2.87. The lowest BCUT2D eigenvalue weighted by Crippen LogP contribution is -2.52. The van der Waals surface area contributed by atoms with E-state index < -0.39 is 33.7 Å². The van der Waals surface area contributed by atoms with Crippen LogP contribution in [-0.4, -0.2) is 30.8 Å². The number of carboxylic acid groups (broad SMARTS) is 1. The second-order valence-corrected chi connectivity index (χ2v) is 5.97. The Morgan fingerprint density at radius 1 is 1.29 bits per heavy atom. The van der Waals surface area contributed by atoms with Gasteiger partial charge in [0.25, 0.3) is 10.0 Å². The summed E-state index contributed by atoms with van der Waals surface area (Å²) in [5.74, 6) is -4.72. The average Bonchev–Trinajstić information content (AvgIpc) is 2.16. The molecule has 0 radical (unpaired) electrons. The molecule has 0 spiro atoms. The summed E-state index contributed by atoms with van der Waals surface area (Å²) < 4.78 is 48.7. The molecule has 1 fully saturated rings. The number of hydrogen-bond donors (Lipinski definition) is 2. The van der Waals surface area contributed by atoms with Crippen LogP contribution in [0, 0.1) is 0 Å². The van der Waals surface area contributed by atoms with E-state index in [0.717, 1.165) is 6.42 Å². The van der Waals surface area contributed by atoms with Gasteiger partial charge in [0.1, 0.15) is 0 Å². The first-order valence-electron chi connectivity index (χ1n) is 5.30. The fraction of sp³-hybridized carbons (Fsp3) is 0.889. The van der Waals surface area contributed by atoms with E-state index in [4.69, 9.17) is 5.11 Å². The van der Waals surface area contributed by atoms with Gasteiger partial charge in [0.15, 0.2) is 0 Å². The first kappa shape index (κ1) is 14.3. The third-order valence-corrected chi connectivity index (χ3v) is 4.08. The van der Waals surface area contributed by atoms with Gasteiger partial charge < -0.3 is 5.11 Å². The van der Waals surface area contributed by atoms with E-state index in [9.17, 15) is 22.0 Å². The number of rotatable bonds is 5. The topological polar surface area (TPSA) is 83.5 Å². The summed E-state index contributed by atoms with van der Waals surface area (Å²) in [6.07, 6.45) is 2.24. The summed E-state index contributed by atoms with van der Waals surface area (Å²) in [7, 11) is -4.75. The van der Waals surface area contributed by atoms with Gasteiger partial charge in [0.05, 0.1) is 6.42 Å². The van der Waals surface area contributed by atoms with Crippen LogP contribution < -0.4 is 4.72 Å². The maximum Gasteiger partial charge on any atom is 0.350 e. The number of carboxylic acids is 1. The van der Waals surface area contributed by atoms with Crippen LogP contribution in [0.4, 0.5) is 8.78 Å². The Kier molecular flexibility index (Phi) is 4.42. The first-order valence-corrected chi connectivity index (χ1v) is 6.85. The van der Waals surface area contributed by atoms with E-state index in [1.165, 1.54) is 0 Å². The van der Waals surface area contributed by atoms with Crippen LogP contribution in [0.25, 0.3) is 0 Å². The fourth-order valence-corrected chi connectivity index (χ4v) is 3.15. The van der Waals surface area contributed by atoms with Crippen LogP contribution in [0.15, 0.2) is 0 Å². The molecule has 0 unspecified atom stereocenters. The molecule has 0 aromatic rings. The lowest BCUT2D eigenvalue weighted by molar-refractivity contribution is -0.138. The molecular weight excluding hydrogens is 256 g/mol. The van der Waals surface area contributed by atoms with Crippen molar-refractivity contribution >= 4 is 16.0 Å². The van der Waals surface area contributed by atoms with Gasteiger partial charge in [-0.3, -0.25) is 4.79 Å². The molecule has 0 aromatic carbocycles. The standard InChI is InChI=1S/C9H15F2NO4S/c10-8(11)17(15,16)12-9(6-7(13)14)4-2-1-3-5-9/h8,12H,1-6H2,(H,13,14). The number of alkyl halides is 2. The van der Waals surface area contributed by atoms with Crippen molar-refractivity contribution in [3.63, 3.8) is 0 Å². The monoisotopic (exact) mass is 271 g/mol. The Morgan fingerprint density at radius 2 is 1.82 bits per heavy atom. The summed E-state index contributed by atoms with van der Waals surface area (Å²) in [6, 6.07) is 0. The van der Waals surface area contributed by atoms with Crippen molar-refractivity contribution in [3.8, 4) is 0 Å². The Morgan fingerprint density at radius 3 is 2.24 bits per heavy atom. The molecule has 0 heterocycles. The van der Waals surface area contributed by atoms with E-state index in [1.54, 1.807) is 0 Å². The number of hydrogen-bond acceptors (Lipinski definition) is 3. The van der Waals surface area contributed by atoms with Crippen molar-refractivity contribution < 1.29 is 27.1 Å². The van der Waals surface area contributed by atoms with Gasteiger partial charge in [0, 0.05) is 5.54 Å². The van der Waals surface area contributed by atoms with Crippen LogP contribution in [0.3, 0.4) is 0 Å². The largest absolute Gasteiger partial charge is 0.481 e. The van der Waals surface area contributed by atoms with Crippen molar-refractivity contribution in [2.24, 2.45) is 0 Å². The molecule has 5 nitrogen and oxygen atoms in total. The zero-order valence-electron chi connectivity index (χ0n) is 9.16. The van der Waals surface area contributed by atoms with Gasteiger partial charge >= 0.3 is 11.7 Å². The van der Waals surface area contributed by atoms with Crippen LogP contribution in [0.1, 0.15) is 38.5 Å². The highest BCUT2D eigenvalue weighted by Crippen LogP contribution is 2.32. The Bertz CT molecular complexity index is 376. The number of aliphatic carboxylic acids is 1. The molecule has 0 aromatic heterocycles. The first-order chi connectivity index (χ1) is 7.77. The number of carbonyl (C=O) groups is 1. The van der Waals surface area contributed by atoms with E-state index in [1.807, 2.05) is 4.72 Å². The predicted octanol–water partition coefficient (Wildman–Crippen LogP) is 1.31. The molecule has 1 aliphatic carbocycles. The summed E-state index contributed by atoms with van der Waals surface area (Å²) in [4.78, 5) is 10.7. The van der Waals surface area contributed by atoms with Gasteiger partial charge in [-0.1, -0.05) is 19.3 Å². The van der Waals surface area contributed by atoms with Crippen molar-refractivity contribution in [1.29, 1.82) is 0 Å². The Labute approximate surface area is 98.3 Å². The maximum absolute atomic E-state index is 12.3. The minimum absolute atomic E-state index is 0.283. The lowest BCUT2D eigenvalue weighted by atomic mass is 9.80. The molecule has 17 heavy (non-hydrogen) atoms. The maximum atomic E-state index is 12.3. The quantitative estimate of drug-likeness (QED) is 0.789. The predicted molar refractivity (Wildman–Crippen MR) is 56.1 cm³/mol. The van der Waals surface area contributed by atoms with Gasteiger partial charge in [-0.15, -0.1) is 0 Å². The molecule has 1 saturated carbocycles. The van der Waals surface area contributed by atoms with Crippen molar-refractivity contribution in [2.75, 3.05) is 0 Å². The lowest BCUT2D eigenvalue weighted by Gasteiger charge is -2.36. The fourth-order valence-electron chi connectivity index (χ4n) is 2.18. The molecule has 0 amide bonds. The SMILES string of the molecule is O=C(O)CC1(NS(=O)(=O)C(F)F)CCCCC1. The number of sulfonamides is 1. The number of halogens is 2. The molecular formula is C9H15F2NO4S. The van der Waals surface area contributed by atoms with Crippen LogP contribution >= 0.6 is 0 Å². The average molecular weight is 271 g/mol. The van der Waals surface area contributed by atoms with E-state index in [-0.39, 0.29) is 12.8 Å². The zero-order valence-corrected chi connectivity index (χ0v) is 9.97. The summed E-state index contributed by atoms with van der Waals surface area (Å²) >= 11 is 0. The highest BCUT2D eigenvalue weighted by Gasteiger charge is 2.40. The van der Waals surface area contributed by atoms with E-state index >= 15 is 0 Å². The molecule has 8 heteroatoms. The van der Waals surface area contributed by atoms with Crippen LogP contribution in [0.5, 0.6) is 0 Å². The van der Waals surface area contributed by atoms with Crippen molar-refractivity contribution in [2.45, 2.75) is 49.8 Å². The van der Waals surface area contributed by atoms with E-state index in [2.05, 4.69) is 0 Å². The summed E-state index contributed by atoms with van der Waals surface area (Å²) in [6.45, 7) is 0. The van der Waals surface area contributed by atoms with Gasteiger partial charge in [0.2, 0.25) is 0 Å². The minimum Gasteiger partial charge on any atom is -0.481 e. The van der Waals surface area contributed by atoms with Gasteiger partial charge in [-0.25, -0.2) is 13.1 Å². The molecule has 0 atom stereocenters. The van der Waals surface area contributed by atoms with Crippen molar-refractivity contribution in [3.05, 3.63) is 0 Å². The third-order valence-electron chi connectivity index (χ3n) is 2.89. The molecule has 1 rings (SSSR count). The van der Waals surface area contributed by atoms with Crippen LogP contribution in [-0.2, 0) is 14.8 Å². The highest BCUT2D eigenvalue weighted by molar-refractivity contribution is 7.89. The summed E-state index contributed by atoms with van der Waals surface area (Å²) in [5.41, 5.74) is -1.25. The molecule has 100 valence electrons. The van der Waals surface area contributed by atoms with Crippen LogP contribution in [0.2, 0.25) is 0 Å². The van der Waals surface area contributed by atoms with Crippen molar-refractivity contribution in [1.82, 2.24) is 4.72 Å². The molecule has 0 aliphatic heterocycles. The molecule has 2 N–H and O–H groups in total. The van der Waals surface area contributed by atoms with Gasteiger partial charge in [-0.05, 0) is 12.8 Å². The Hall–Kier alpha value is -0.760. The second kappa shape index (κ2) is 5.26. The smallest absolute Gasteiger partial charge is 0.350 e. The third kappa shape index (κ3) is 3.88. The van der Waals surface area contributed by atoms with Gasteiger partial charge in [-0.2, -0.15) is 8.78 Å². The number of nitrogens with one attached hydrogen (secondary N) is 1. The second-order valence-electron chi connectivity index (χ2n) is 4.32. The highest BCUT2D eigenvalue weighted by atomic mass is 32.2. The summed E-state index contributed by atoms with van der Waals surface area (Å²) in [5, 5.41) is 8.74. The minimum atomic E-state index is -4.75. The molecule has 0 saturated heterocycles. The normalized spacial score (nSPS) is 20.4. The van der Waals surface area contributed by atoms with E-state index in [0.29, 0.717) is 12.8 Å². The molecule has 1 aliphatic rings. The molecule has 0 bridgehead atoms. The zero-order chi connectivity index (χ0) is 13.1.